The Balaban J connectivity index is 1.98. The molecule has 0 spiro atoms. The lowest BCUT2D eigenvalue weighted by atomic mass is 9.77. The minimum atomic E-state index is -0.638. The Morgan fingerprint density at radius 1 is 1.45 bits per heavy atom. The number of nitrogens with one attached hydrogen (secondary N) is 2. The van der Waals surface area contributed by atoms with E-state index in [9.17, 15) is 13.6 Å². The Hall–Kier alpha value is -1.49. The van der Waals surface area contributed by atoms with Crippen LogP contribution in [0.3, 0.4) is 0 Å². The van der Waals surface area contributed by atoms with Crippen LogP contribution in [-0.2, 0) is 11.3 Å². The second kappa shape index (κ2) is 5.87. The van der Waals surface area contributed by atoms with Crippen LogP contribution >= 0.6 is 0 Å². The average molecular weight is 282 g/mol. The van der Waals surface area contributed by atoms with Crippen LogP contribution in [0.2, 0.25) is 0 Å². The number of rotatable bonds is 3. The molecule has 1 unspecified atom stereocenters. The van der Waals surface area contributed by atoms with Gasteiger partial charge in [0.2, 0.25) is 5.91 Å². The van der Waals surface area contributed by atoms with Gasteiger partial charge in [0, 0.05) is 18.2 Å². The van der Waals surface area contributed by atoms with Gasteiger partial charge in [0.15, 0.2) is 0 Å². The molecule has 1 aliphatic heterocycles. The highest BCUT2D eigenvalue weighted by molar-refractivity contribution is 5.82. The molecule has 1 aromatic rings. The molecular formula is C15H20F2N2O. The molecule has 20 heavy (non-hydrogen) atoms. The van der Waals surface area contributed by atoms with Gasteiger partial charge in [-0.3, -0.25) is 4.79 Å². The first kappa shape index (κ1) is 14.9. The van der Waals surface area contributed by atoms with Gasteiger partial charge in [-0.15, -0.1) is 0 Å². The maximum absolute atomic E-state index is 13.5. The predicted octanol–water partition coefficient (Wildman–Crippen LogP) is 2.36. The van der Waals surface area contributed by atoms with Crippen LogP contribution < -0.4 is 10.6 Å². The highest BCUT2D eigenvalue weighted by atomic mass is 19.1. The molecule has 1 aliphatic rings. The molecule has 1 atom stereocenters. The monoisotopic (exact) mass is 282 g/mol. The largest absolute Gasteiger partial charge is 0.351 e. The van der Waals surface area contributed by atoms with E-state index < -0.39 is 11.6 Å². The van der Waals surface area contributed by atoms with Crippen molar-refractivity contribution in [2.24, 2.45) is 5.41 Å². The lowest BCUT2D eigenvalue weighted by Crippen LogP contribution is -2.55. The molecule has 1 amide bonds. The van der Waals surface area contributed by atoms with E-state index in [0.717, 1.165) is 25.5 Å². The molecule has 2 N–H and O–H groups in total. The van der Waals surface area contributed by atoms with Crippen molar-refractivity contribution in [3.05, 3.63) is 35.4 Å². The molecule has 110 valence electrons. The van der Waals surface area contributed by atoms with E-state index in [1.165, 1.54) is 12.1 Å². The van der Waals surface area contributed by atoms with E-state index >= 15 is 0 Å². The van der Waals surface area contributed by atoms with Gasteiger partial charge in [-0.05, 0) is 30.9 Å². The summed E-state index contributed by atoms with van der Waals surface area (Å²) in [6.07, 6.45) is 2.02. The lowest BCUT2D eigenvalue weighted by Gasteiger charge is -2.38. The lowest BCUT2D eigenvalue weighted by molar-refractivity contribution is -0.126. The SMILES string of the molecule is CC1(C)CCCNC1C(=O)NCc1ccc(F)cc1F. The summed E-state index contributed by atoms with van der Waals surface area (Å²) < 4.78 is 26.3. The predicted molar refractivity (Wildman–Crippen MR) is 73.0 cm³/mol. The number of carbonyl (C=O) groups excluding carboxylic acids is 1. The van der Waals surface area contributed by atoms with Crippen LogP contribution in [0.5, 0.6) is 0 Å². The standard InChI is InChI=1S/C15H20F2N2O/c1-15(2)6-3-7-18-13(15)14(20)19-9-10-4-5-11(16)8-12(10)17/h4-5,8,13,18H,3,6-7,9H2,1-2H3,(H,19,20). The van der Waals surface area contributed by atoms with Crippen molar-refractivity contribution < 1.29 is 13.6 Å². The van der Waals surface area contributed by atoms with Crippen LogP contribution in [0.25, 0.3) is 0 Å². The molecular weight excluding hydrogens is 262 g/mol. The van der Waals surface area contributed by atoms with Gasteiger partial charge < -0.3 is 10.6 Å². The second-order valence-electron chi connectivity index (χ2n) is 5.93. The van der Waals surface area contributed by atoms with Crippen molar-refractivity contribution in [2.75, 3.05) is 6.54 Å². The van der Waals surface area contributed by atoms with Crippen LogP contribution in [0.15, 0.2) is 18.2 Å². The molecule has 1 saturated heterocycles. The molecule has 5 heteroatoms. The third-order valence-corrected chi connectivity index (χ3v) is 3.86. The van der Waals surface area contributed by atoms with E-state index in [1.54, 1.807) is 0 Å². The first-order valence-corrected chi connectivity index (χ1v) is 6.85. The topological polar surface area (TPSA) is 41.1 Å². The maximum Gasteiger partial charge on any atom is 0.237 e. The molecule has 0 saturated carbocycles. The van der Waals surface area contributed by atoms with E-state index in [2.05, 4.69) is 10.6 Å². The summed E-state index contributed by atoms with van der Waals surface area (Å²) in [5.74, 6) is -1.40. The van der Waals surface area contributed by atoms with E-state index in [1.807, 2.05) is 13.8 Å². The molecule has 1 aromatic carbocycles. The molecule has 0 bridgehead atoms. The summed E-state index contributed by atoms with van der Waals surface area (Å²) in [6.45, 7) is 4.97. The number of halogens is 2. The van der Waals surface area contributed by atoms with Crippen LogP contribution in [-0.4, -0.2) is 18.5 Å². The van der Waals surface area contributed by atoms with E-state index in [0.29, 0.717) is 0 Å². The Labute approximate surface area is 117 Å². The second-order valence-corrected chi connectivity index (χ2v) is 5.93. The maximum atomic E-state index is 13.5. The third-order valence-electron chi connectivity index (χ3n) is 3.86. The summed E-state index contributed by atoms with van der Waals surface area (Å²) in [6, 6.07) is 3.09. The smallest absolute Gasteiger partial charge is 0.237 e. The van der Waals surface area contributed by atoms with Crippen molar-refractivity contribution in [1.29, 1.82) is 0 Å². The fourth-order valence-corrected chi connectivity index (χ4v) is 2.61. The quantitative estimate of drug-likeness (QED) is 0.893. The molecule has 0 aliphatic carbocycles. The fraction of sp³-hybridized carbons (Fsp3) is 0.533. The molecule has 2 rings (SSSR count). The summed E-state index contributed by atoms with van der Waals surface area (Å²) >= 11 is 0. The van der Waals surface area contributed by atoms with Gasteiger partial charge in [-0.1, -0.05) is 19.9 Å². The normalized spacial score (nSPS) is 21.5. The summed E-state index contributed by atoms with van der Waals surface area (Å²) in [5, 5.41) is 5.92. The molecule has 1 fully saturated rings. The number of hydrogen-bond donors (Lipinski definition) is 2. The first-order valence-electron chi connectivity index (χ1n) is 6.85. The Morgan fingerprint density at radius 2 is 2.20 bits per heavy atom. The third kappa shape index (κ3) is 3.33. The van der Waals surface area contributed by atoms with Crippen molar-refractivity contribution in [1.82, 2.24) is 10.6 Å². The van der Waals surface area contributed by atoms with E-state index in [-0.39, 0.29) is 29.5 Å². The van der Waals surface area contributed by atoms with Gasteiger partial charge in [-0.25, -0.2) is 8.78 Å². The molecule has 0 aromatic heterocycles. The first-order chi connectivity index (χ1) is 9.40. The summed E-state index contributed by atoms with van der Waals surface area (Å²) in [4.78, 5) is 12.2. The van der Waals surface area contributed by atoms with Gasteiger partial charge in [-0.2, -0.15) is 0 Å². The number of carbonyl (C=O) groups is 1. The average Bonchev–Trinajstić information content (AvgIpc) is 2.37. The van der Waals surface area contributed by atoms with E-state index in [4.69, 9.17) is 0 Å². The Kier molecular flexibility index (Phi) is 4.38. The van der Waals surface area contributed by atoms with Gasteiger partial charge in [0.25, 0.3) is 0 Å². The number of hydrogen-bond acceptors (Lipinski definition) is 2. The summed E-state index contributed by atoms with van der Waals surface area (Å²) in [5.41, 5.74) is 0.164. The fourth-order valence-electron chi connectivity index (χ4n) is 2.61. The van der Waals surface area contributed by atoms with Crippen LogP contribution in [0.1, 0.15) is 32.3 Å². The van der Waals surface area contributed by atoms with Crippen molar-refractivity contribution in [3.8, 4) is 0 Å². The van der Waals surface area contributed by atoms with Gasteiger partial charge in [0.05, 0.1) is 6.04 Å². The summed E-state index contributed by atoms with van der Waals surface area (Å²) in [7, 11) is 0. The molecule has 1 heterocycles. The minimum absolute atomic E-state index is 0.0687. The molecule has 0 radical (unpaired) electrons. The zero-order valence-electron chi connectivity index (χ0n) is 11.8. The highest BCUT2D eigenvalue weighted by Crippen LogP contribution is 2.30. The molecule has 3 nitrogen and oxygen atoms in total. The Morgan fingerprint density at radius 3 is 2.85 bits per heavy atom. The Bertz CT molecular complexity index is 503. The van der Waals surface area contributed by atoms with Crippen molar-refractivity contribution in [2.45, 2.75) is 39.3 Å². The number of piperidine rings is 1. The zero-order valence-corrected chi connectivity index (χ0v) is 11.8. The number of amides is 1. The van der Waals surface area contributed by atoms with Crippen LogP contribution in [0.4, 0.5) is 8.78 Å². The van der Waals surface area contributed by atoms with Gasteiger partial charge >= 0.3 is 0 Å². The minimum Gasteiger partial charge on any atom is -0.351 e. The zero-order chi connectivity index (χ0) is 14.8. The highest BCUT2D eigenvalue weighted by Gasteiger charge is 2.36. The number of benzene rings is 1. The van der Waals surface area contributed by atoms with Crippen molar-refractivity contribution >= 4 is 5.91 Å². The van der Waals surface area contributed by atoms with Crippen molar-refractivity contribution in [3.63, 3.8) is 0 Å². The van der Waals surface area contributed by atoms with Gasteiger partial charge in [0.1, 0.15) is 11.6 Å². The van der Waals surface area contributed by atoms with Crippen LogP contribution in [0, 0.1) is 17.0 Å².